The Labute approximate surface area is 117 Å². The van der Waals surface area contributed by atoms with Crippen LogP contribution in [-0.4, -0.2) is 58.4 Å². The first kappa shape index (κ1) is 12.7. The molecule has 0 aromatic heterocycles. The van der Waals surface area contributed by atoms with Crippen molar-refractivity contribution in [1.82, 2.24) is 0 Å². The van der Waals surface area contributed by atoms with Gasteiger partial charge in [-0.05, 0) is 0 Å². The van der Waals surface area contributed by atoms with Crippen molar-refractivity contribution in [3.8, 4) is 0 Å². The second-order valence-corrected chi connectivity index (χ2v) is 19.5. The maximum absolute atomic E-state index is 2.47. The van der Waals surface area contributed by atoms with E-state index in [1.54, 1.807) is 15.4 Å². The molecule has 2 heterocycles. The van der Waals surface area contributed by atoms with Crippen LogP contribution in [0.4, 0.5) is 0 Å². The molecule has 2 rings (SSSR count). The van der Waals surface area contributed by atoms with Gasteiger partial charge >= 0.3 is 118 Å². The monoisotopic (exact) mass is 462 g/mol. The van der Waals surface area contributed by atoms with Crippen molar-refractivity contribution in [2.24, 2.45) is 0 Å². The van der Waals surface area contributed by atoms with Crippen LogP contribution in [0.5, 0.6) is 0 Å². The van der Waals surface area contributed by atoms with Crippen molar-refractivity contribution >= 4 is 65.4 Å². The molecule has 2 fully saturated rings. The van der Waals surface area contributed by atoms with Gasteiger partial charge in [0.2, 0.25) is 0 Å². The molecule has 0 nitrogen and oxygen atoms in total. The number of rotatable bonds is 0. The van der Waals surface area contributed by atoms with Crippen LogP contribution >= 0.6 is 23.5 Å². The molecule has 2 aliphatic rings. The summed E-state index contributed by atoms with van der Waals surface area (Å²) in [6.07, 6.45) is 1.57. The molecule has 0 bridgehead atoms. The molecule has 4 heteroatoms. The van der Waals surface area contributed by atoms with Crippen molar-refractivity contribution in [2.45, 2.75) is 52.7 Å². The van der Waals surface area contributed by atoms with E-state index in [1.807, 2.05) is 0 Å². The summed E-state index contributed by atoms with van der Waals surface area (Å²) in [5.41, 5.74) is 0. The first-order valence-electron chi connectivity index (χ1n) is 5.21. The van der Waals surface area contributed by atoms with E-state index in [0.717, 1.165) is 16.6 Å². The first-order valence-corrected chi connectivity index (χ1v) is 12.7. The standard InChI is InChI=1S/C10H18S2Te2/c1-7-4-10(12-9(3)6-14-10)13-5-8(2)11-7/h7-9H,4-6H2,1-3H3. The molecule has 0 saturated carbocycles. The Morgan fingerprint density at radius 3 is 2.21 bits per heavy atom. The molecule has 0 N–H and O–H groups in total. The summed E-state index contributed by atoms with van der Waals surface area (Å²) >= 11 is 5.34. The zero-order valence-electron chi connectivity index (χ0n) is 8.99. The molecule has 0 aromatic carbocycles. The van der Waals surface area contributed by atoms with Crippen LogP contribution in [0.25, 0.3) is 0 Å². The third-order valence-electron chi connectivity index (χ3n) is 2.46. The zero-order chi connectivity index (χ0) is 10.2. The molecule has 0 radical (unpaired) electrons. The molecule has 4 atom stereocenters. The normalized spacial score (nSPS) is 49.5. The van der Waals surface area contributed by atoms with Crippen molar-refractivity contribution in [3.05, 3.63) is 0 Å². The predicted molar refractivity (Wildman–Crippen MR) is 72.0 cm³/mol. The van der Waals surface area contributed by atoms with Crippen molar-refractivity contribution in [1.29, 1.82) is 0 Å². The maximum atomic E-state index is 2.47. The summed E-state index contributed by atoms with van der Waals surface area (Å²) < 4.78 is 4.16. The molecule has 0 aliphatic carbocycles. The minimum absolute atomic E-state index is 0.315. The van der Waals surface area contributed by atoms with Gasteiger partial charge in [0.05, 0.1) is 0 Å². The van der Waals surface area contributed by atoms with E-state index in [2.05, 4.69) is 44.3 Å². The molecule has 14 heavy (non-hydrogen) atoms. The van der Waals surface area contributed by atoms with Crippen LogP contribution in [0.3, 0.4) is 0 Å². The fraction of sp³-hybridized carbons (Fsp3) is 1.00. The number of hydrogen-bond acceptors (Lipinski definition) is 2. The van der Waals surface area contributed by atoms with Crippen LogP contribution in [0, 0.1) is 0 Å². The Morgan fingerprint density at radius 2 is 1.64 bits per heavy atom. The van der Waals surface area contributed by atoms with Gasteiger partial charge in [0.15, 0.2) is 0 Å². The minimum atomic E-state index is 0.315. The Bertz CT molecular complexity index is 212. The summed E-state index contributed by atoms with van der Waals surface area (Å²) in [7, 11) is 0. The summed E-state index contributed by atoms with van der Waals surface area (Å²) in [4.78, 5) is 0. The van der Waals surface area contributed by atoms with Crippen molar-refractivity contribution in [3.63, 3.8) is 0 Å². The second kappa shape index (κ2) is 5.28. The van der Waals surface area contributed by atoms with Gasteiger partial charge in [0.1, 0.15) is 0 Å². The molecule has 4 unspecified atom stereocenters. The van der Waals surface area contributed by atoms with E-state index in [4.69, 9.17) is 0 Å². The van der Waals surface area contributed by atoms with E-state index >= 15 is 0 Å². The van der Waals surface area contributed by atoms with Gasteiger partial charge in [0.25, 0.3) is 0 Å². The molecule has 0 amide bonds. The molecular weight excluding hydrogens is 439 g/mol. The van der Waals surface area contributed by atoms with Gasteiger partial charge in [-0.1, -0.05) is 0 Å². The fourth-order valence-corrected chi connectivity index (χ4v) is 21.5. The van der Waals surface area contributed by atoms with Crippen molar-refractivity contribution in [2.75, 3.05) is 0 Å². The molecular formula is C10H18S2Te2. The van der Waals surface area contributed by atoms with Gasteiger partial charge in [-0.15, -0.1) is 0 Å². The molecule has 82 valence electrons. The van der Waals surface area contributed by atoms with Crippen LogP contribution in [0.2, 0.25) is 8.94 Å². The Kier molecular flexibility index (Phi) is 4.81. The average Bonchev–Trinajstić information content (AvgIpc) is 2.37. The molecule has 2 saturated heterocycles. The zero-order valence-corrected chi connectivity index (χ0v) is 15.3. The Morgan fingerprint density at radius 1 is 1.00 bits per heavy atom. The van der Waals surface area contributed by atoms with Gasteiger partial charge in [0, 0.05) is 0 Å². The van der Waals surface area contributed by atoms with Gasteiger partial charge < -0.3 is 0 Å². The fourth-order valence-electron chi connectivity index (χ4n) is 1.94. The van der Waals surface area contributed by atoms with E-state index in [0.29, 0.717) is 41.8 Å². The van der Waals surface area contributed by atoms with E-state index in [9.17, 15) is 0 Å². The van der Waals surface area contributed by atoms with Crippen LogP contribution < -0.4 is 0 Å². The van der Waals surface area contributed by atoms with Crippen LogP contribution in [0.15, 0.2) is 0 Å². The first-order chi connectivity index (χ1) is 6.60. The van der Waals surface area contributed by atoms with Gasteiger partial charge in [-0.3, -0.25) is 0 Å². The topological polar surface area (TPSA) is 0 Å². The second-order valence-electron chi connectivity index (χ2n) is 4.19. The van der Waals surface area contributed by atoms with Crippen molar-refractivity contribution < 1.29 is 0 Å². The summed E-state index contributed by atoms with van der Waals surface area (Å²) in [5.74, 6) is 0. The summed E-state index contributed by atoms with van der Waals surface area (Å²) in [6.45, 7) is 7.38. The number of thioether (sulfide) groups is 2. The summed E-state index contributed by atoms with van der Waals surface area (Å²) in [5, 5.41) is 2.92. The third-order valence-corrected chi connectivity index (χ3v) is 21.1. The quantitative estimate of drug-likeness (QED) is 0.513. The van der Waals surface area contributed by atoms with Gasteiger partial charge in [-0.2, -0.15) is 0 Å². The van der Waals surface area contributed by atoms with Crippen LogP contribution in [0.1, 0.15) is 27.2 Å². The molecule has 0 aromatic rings. The summed E-state index contributed by atoms with van der Waals surface area (Å²) in [6, 6.07) is 0. The average molecular weight is 458 g/mol. The van der Waals surface area contributed by atoms with E-state index < -0.39 is 0 Å². The van der Waals surface area contributed by atoms with Crippen LogP contribution in [-0.2, 0) is 0 Å². The Hall–Kier alpha value is 2.28. The van der Waals surface area contributed by atoms with Gasteiger partial charge in [-0.25, -0.2) is 0 Å². The number of hydrogen-bond donors (Lipinski definition) is 0. The molecule has 1 spiro atoms. The third kappa shape index (κ3) is 3.15. The SMILES string of the molecule is CC1C[Te]C2(CC(C)S1)SC(C)C[Te]2. The molecule has 2 aliphatic heterocycles. The Balaban J connectivity index is 2.04. The van der Waals surface area contributed by atoms with E-state index in [1.165, 1.54) is 0 Å². The van der Waals surface area contributed by atoms with E-state index in [-0.39, 0.29) is 0 Å². The predicted octanol–water partition coefficient (Wildman–Crippen LogP) is 2.93.